The number of carbonyl (C=O) groups excluding carboxylic acids is 1. The van der Waals surface area contributed by atoms with E-state index in [1.807, 2.05) is 6.20 Å². The normalized spacial score (nSPS) is 16.9. The molecule has 1 aliphatic rings. The number of hydrogen-bond acceptors (Lipinski definition) is 5. The number of piperidine rings is 1. The van der Waals surface area contributed by atoms with Crippen LogP contribution in [0.15, 0.2) is 41.4 Å². The number of H-pyrrole nitrogens is 1. The smallest absolute Gasteiger partial charge is 0.257 e. The average Bonchev–Trinajstić information content (AvgIpc) is 3.15. The van der Waals surface area contributed by atoms with E-state index in [4.69, 9.17) is 0 Å². The van der Waals surface area contributed by atoms with Crippen molar-refractivity contribution in [3.05, 3.63) is 47.0 Å². The standard InChI is InChI=1S/C22H27BrN6O/c1-14(2)9-25-16-6-4-8-29(13-16)20-17(23)11-26-21-19(20)18(12-27-21)28-22(30)15-5-3-7-24-10-15/h3,5,7,10-12,14,16,25H,4,6,8-9,13H2,1-2H3,(H,26,27)(H,28,30). The predicted octanol–water partition coefficient (Wildman–Crippen LogP) is 4.19. The highest BCUT2D eigenvalue weighted by molar-refractivity contribution is 9.10. The van der Waals surface area contributed by atoms with Crippen LogP contribution in [0.2, 0.25) is 0 Å². The Labute approximate surface area is 184 Å². The van der Waals surface area contributed by atoms with Crippen LogP contribution in [-0.4, -0.2) is 46.5 Å². The fraction of sp³-hybridized carbons (Fsp3) is 0.409. The third-order valence-electron chi connectivity index (χ3n) is 5.35. The van der Waals surface area contributed by atoms with Gasteiger partial charge in [0.05, 0.1) is 26.8 Å². The number of hydrogen-bond donors (Lipinski definition) is 3. The van der Waals surface area contributed by atoms with Crippen LogP contribution in [0.3, 0.4) is 0 Å². The Balaban J connectivity index is 1.64. The molecule has 1 fully saturated rings. The zero-order valence-corrected chi connectivity index (χ0v) is 18.9. The molecule has 1 unspecified atom stereocenters. The fourth-order valence-electron chi connectivity index (χ4n) is 3.90. The lowest BCUT2D eigenvalue weighted by molar-refractivity contribution is 0.102. The summed E-state index contributed by atoms with van der Waals surface area (Å²) in [4.78, 5) is 26.8. The van der Waals surface area contributed by atoms with Gasteiger partial charge in [0.1, 0.15) is 5.65 Å². The van der Waals surface area contributed by atoms with Crippen molar-refractivity contribution in [2.24, 2.45) is 5.92 Å². The first-order valence-corrected chi connectivity index (χ1v) is 11.2. The Morgan fingerprint density at radius 3 is 3.03 bits per heavy atom. The first kappa shape index (κ1) is 20.8. The number of pyridine rings is 2. The molecule has 1 saturated heterocycles. The van der Waals surface area contributed by atoms with E-state index in [2.05, 4.69) is 60.3 Å². The Bertz CT molecular complexity index is 1020. The van der Waals surface area contributed by atoms with Gasteiger partial charge in [0, 0.05) is 43.9 Å². The van der Waals surface area contributed by atoms with Gasteiger partial charge in [-0.3, -0.25) is 9.78 Å². The van der Waals surface area contributed by atoms with Crippen LogP contribution < -0.4 is 15.5 Å². The quantitative estimate of drug-likeness (QED) is 0.502. The molecule has 0 aliphatic carbocycles. The molecule has 0 aromatic carbocycles. The molecule has 3 aromatic rings. The highest BCUT2D eigenvalue weighted by Crippen LogP contribution is 2.39. The molecule has 0 radical (unpaired) electrons. The second-order valence-electron chi connectivity index (χ2n) is 8.16. The van der Waals surface area contributed by atoms with E-state index in [9.17, 15) is 4.79 Å². The summed E-state index contributed by atoms with van der Waals surface area (Å²) in [5.41, 5.74) is 3.07. The molecule has 4 rings (SSSR count). The fourth-order valence-corrected chi connectivity index (χ4v) is 4.46. The summed E-state index contributed by atoms with van der Waals surface area (Å²) in [7, 11) is 0. The summed E-state index contributed by atoms with van der Waals surface area (Å²) in [5.74, 6) is 0.434. The predicted molar refractivity (Wildman–Crippen MR) is 124 cm³/mol. The maximum atomic E-state index is 12.7. The van der Waals surface area contributed by atoms with Crippen LogP contribution in [0.4, 0.5) is 11.4 Å². The topological polar surface area (TPSA) is 85.9 Å². The van der Waals surface area contributed by atoms with Gasteiger partial charge in [0.2, 0.25) is 0 Å². The number of nitrogens with zero attached hydrogens (tertiary/aromatic N) is 3. The molecular formula is C22H27BrN6O. The third-order valence-corrected chi connectivity index (χ3v) is 5.93. The Kier molecular flexibility index (Phi) is 6.34. The highest BCUT2D eigenvalue weighted by Gasteiger charge is 2.25. The minimum atomic E-state index is -0.190. The molecule has 4 heterocycles. The molecule has 1 amide bonds. The number of anilines is 2. The van der Waals surface area contributed by atoms with Crippen LogP contribution in [-0.2, 0) is 0 Å². The molecule has 30 heavy (non-hydrogen) atoms. The lowest BCUT2D eigenvalue weighted by atomic mass is 10.0. The maximum Gasteiger partial charge on any atom is 0.257 e. The van der Waals surface area contributed by atoms with Crippen LogP contribution in [0, 0.1) is 5.92 Å². The molecule has 8 heteroatoms. The Hall–Kier alpha value is -2.45. The summed E-state index contributed by atoms with van der Waals surface area (Å²) in [6.07, 6.45) is 9.14. The number of rotatable bonds is 6. The first-order chi connectivity index (χ1) is 14.5. The van der Waals surface area contributed by atoms with E-state index in [1.165, 1.54) is 6.42 Å². The van der Waals surface area contributed by atoms with Crippen LogP contribution in [0.25, 0.3) is 11.0 Å². The van der Waals surface area contributed by atoms with Gasteiger partial charge < -0.3 is 20.5 Å². The summed E-state index contributed by atoms with van der Waals surface area (Å²) in [6, 6.07) is 3.96. The van der Waals surface area contributed by atoms with Crippen molar-refractivity contribution >= 4 is 44.2 Å². The van der Waals surface area contributed by atoms with Crippen molar-refractivity contribution < 1.29 is 4.79 Å². The zero-order valence-electron chi connectivity index (χ0n) is 17.3. The van der Waals surface area contributed by atoms with Gasteiger partial charge >= 0.3 is 0 Å². The second-order valence-corrected chi connectivity index (χ2v) is 9.02. The Morgan fingerprint density at radius 1 is 1.40 bits per heavy atom. The highest BCUT2D eigenvalue weighted by atomic mass is 79.9. The number of carbonyl (C=O) groups is 1. The summed E-state index contributed by atoms with van der Waals surface area (Å²) >= 11 is 3.70. The largest absolute Gasteiger partial charge is 0.368 e. The number of halogens is 1. The van der Waals surface area contributed by atoms with Gasteiger partial charge in [-0.1, -0.05) is 13.8 Å². The van der Waals surface area contributed by atoms with Crippen molar-refractivity contribution in [3.8, 4) is 0 Å². The number of aromatic amines is 1. The van der Waals surface area contributed by atoms with Crippen molar-refractivity contribution in [1.82, 2.24) is 20.3 Å². The summed E-state index contributed by atoms with van der Waals surface area (Å²) in [5, 5.41) is 7.64. The van der Waals surface area contributed by atoms with Gasteiger partial charge in [-0.2, -0.15) is 0 Å². The van der Waals surface area contributed by atoms with E-state index in [0.29, 0.717) is 17.5 Å². The molecule has 0 spiro atoms. The van der Waals surface area contributed by atoms with Crippen molar-refractivity contribution in [3.63, 3.8) is 0 Å². The average molecular weight is 471 g/mol. The molecule has 3 N–H and O–H groups in total. The number of aromatic nitrogens is 3. The van der Waals surface area contributed by atoms with E-state index < -0.39 is 0 Å². The zero-order chi connectivity index (χ0) is 21.1. The second kappa shape index (κ2) is 9.14. The van der Waals surface area contributed by atoms with E-state index in [0.717, 1.165) is 52.9 Å². The lowest BCUT2D eigenvalue weighted by Crippen LogP contribution is -2.46. The van der Waals surface area contributed by atoms with Crippen LogP contribution in [0.1, 0.15) is 37.0 Å². The number of amides is 1. The van der Waals surface area contributed by atoms with Gasteiger partial charge in [-0.05, 0) is 53.4 Å². The van der Waals surface area contributed by atoms with Gasteiger partial charge in [-0.25, -0.2) is 4.98 Å². The van der Waals surface area contributed by atoms with Crippen molar-refractivity contribution in [2.45, 2.75) is 32.7 Å². The van der Waals surface area contributed by atoms with Gasteiger partial charge in [0.15, 0.2) is 0 Å². The lowest BCUT2D eigenvalue weighted by Gasteiger charge is -2.36. The number of nitrogens with one attached hydrogen (secondary N) is 3. The minimum Gasteiger partial charge on any atom is -0.368 e. The molecule has 158 valence electrons. The monoisotopic (exact) mass is 470 g/mol. The summed E-state index contributed by atoms with van der Waals surface area (Å²) < 4.78 is 0.927. The molecule has 7 nitrogen and oxygen atoms in total. The van der Waals surface area contributed by atoms with Crippen LogP contribution in [0.5, 0.6) is 0 Å². The maximum absolute atomic E-state index is 12.7. The minimum absolute atomic E-state index is 0.190. The van der Waals surface area contributed by atoms with Gasteiger partial charge in [-0.15, -0.1) is 0 Å². The van der Waals surface area contributed by atoms with E-state index >= 15 is 0 Å². The van der Waals surface area contributed by atoms with Gasteiger partial charge in [0.25, 0.3) is 5.91 Å². The molecule has 3 aromatic heterocycles. The molecule has 0 saturated carbocycles. The molecule has 0 bridgehead atoms. The first-order valence-electron chi connectivity index (χ1n) is 10.4. The molecular weight excluding hydrogens is 444 g/mol. The third kappa shape index (κ3) is 4.49. The molecule has 1 aliphatic heterocycles. The van der Waals surface area contributed by atoms with Crippen molar-refractivity contribution in [2.75, 3.05) is 29.9 Å². The number of fused-ring (bicyclic) bond motifs is 1. The summed E-state index contributed by atoms with van der Waals surface area (Å²) in [6.45, 7) is 7.37. The van der Waals surface area contributed by atoms with E-state index in [-0.39, 0.29) is 5.91 Å². The SMILES string of the molecule is CC(C)CNC1CCCN(c2c(Br)cnc3[nH]cc(NC(=O)c4cccnc4)c23)C1. The Morgan fingerprint density at radius 2 is 2.27 bits per heavy atom. The van der Waals surface area contributed by atoms with Crippen molar-refractivity contribution in [1.29, 1.82) is 0 Å². The van der Waals surface area contributed by atoms with Crippen LogP contribution >= 0.6 is 15.9 Å². The van der Waals surface area contributed by atoms with E-state index in [1.54, 1.807) is 30.7 Å². The molecule has 1 atom stereocenters.